The molecule has 1 saturated heterocycles. The molecule has 0 radical (unpaired) electrons. The van der Waals surface area contributed by atoms with E-state index < -0.39 is 0 Å². The summed E-state index contributed by atoms with van der Waals surface area (Å²) in [7, 11) is 0. The second-order valence-corrected chi connectivity index (χ2v) is 7.94. The summed E-state index contributed by atoms with van der Waals surface area (Å²) in [6.45, 7) is 7.24. The summed E-state index contributed by atoms with van der Waals surface area (Å²) in [6.07, 6.45) is 4.63. The minimum Gasteiger partial charge on any atom is -0.396 e. The lowest BCUT2D eigenvalue weighted by Crippen LogP contribution is -2.52. The maximum atomic E-state index is 9.63. The molecule has 1 fully saturated rings. The van der Waals surface area contributed by atoms with Gasteiger partial charge in [0, 0.05) is 57.8 Å². The van der Waals surface area contributed by atoms with Gasteiger partial charge in [0.1, 0.15) is 0 Å². The molecule has 4 rings (SSSR count). The highest BCUT2D eigenvalue weighted by molar-refractivity contribution is 5.42. The van der Waals surface area contributed by atoms with Crippen LogP contribution in [0.2, 0.25) is 0 Å². The molecule has 0 bridgehead atoms. The number of hydrogen-bond acceptors (Lipinski definition) is 4. The van der Waals surface area contributed by atoms with Crippen LogP contribution < -0.4 is 0 Å². The highest BCUT2D eigenvalue weighted by Crippen LogP contribution is 2.22. The molecule has 2 heterocycles. The van der Waals surface area contributed by atoms with Gasteiger partial charge in [-0.2, -0.15) is 5.10 Å². The Balaban J connectivity index is 1.48. The fourth-order valence-electron chi connectivity index (χ4n) is 4.27. The van der Waals surface area contributed by atoms with E-state index in [9.17, 15) is 5.11 Å². The predicted molar refractivity (Wildman–Crippen MR) is 116 cm³/mol. The Morgan fingerprint density at radius 1 is 1.03 bits per heavy atom. The lowest BCUT2D eigenvalue weighted by molar-refractivity contribution is 0.0499. The third kappa shape index (κ3) is 4.93. The van der Waals surface area contributed by atoms with E-state index in [1.54, 1.807) is 0 Å². The Labute approximate surface area is 173 Å². The Kier molecular flexibility index (Phi) is 6.39. The molecule has 1 aliphatic heterocycles. The van der Waals surface area contributed by atoms with Crippen LogP contribution in [0.15, 0.2) is 67.0 Å². The van der Waals surface area contributed by atoms with E-state index in [0.29, 0.717) is 6.04 Å². The highest BCUT2D eigenvalue weighted by Gasteiger charge is 2.27. The highest BCUT2D eigenvalue weighted by atomic mass is 16.3. The smallest absolute Gasteiger partial charge is 0.0690 e. The van der Waals surface area contributed by atoms with Crippen LogP contribution in [-0.2, 0) is 13.1 Å². The molecule has 1 aliphatic rings. The van der Waals surface area contributed by atoms with E-state index in [1.807, 2.05) is 23.1 Å². The van der Waals surface area contributed by atoms with Crippen molar-refractivity contribution in [3.8, 4) is 5.69 Å². The first-order valence-corrected chi connectivity index (χ1v) is 10.4. The van der Waals surface area contributed by atoms with Gasteiger partial charge in [-0.05, 0) is 36.6 Å². The van der Waals surface area contributed by atoms with Crippen molar-refractivity contribution in [2.24, 2.45) is 0 Å². The number of piperazine rings is 1. The molecule has 0 aliphatic carbocycles. The summed E-state index contributed by atoms with van der Waals surface area (Å²) in [6, 6.07) is 19.5. The molecule has 152 valence electrons. The number of rotatable bonds is 7. The molecule has 2 aromatic carbocycles. The van der Waals surface area contributed by atoms with E-state index in [1.165, 1.54) is 16.7 Å². The summed E-state index contributed by atoms with van der Waals surface area (Å²) < 4.78 is 1.95. The zero-order valence-electron chi connectivity index (χ0n) is 17.1. The molecule has 1 unspecified atom stereocenters. The van der Waals surface area contributed by atoms with Crippen LogP contribution in [0.1, 0.15) is 23.1 Å². The summed E-state index contributed by atoms with van der Waals surface area (Å²) in [5.74, 6) is 0. The molecule has 5 heteroatoms. The number of aliphatic hydroxyl groups is 1. The van der Waals surface area contributed by atoms with Gasteiger partial charge in [-0.1, -0.05) is 48.0 Å². The van der Waals surface area contributed by atoms with Crippen LogP contribution >= 0.6 is 0 Å². The standard InChI is InChI=1S/C24H30N4O/c1-20-8-9-24(28-12-5-11-25-28)22(16-20)18-26-13-14-27(23(19-26)10-15-29)17-21-6-3-2-4-7-21/h2-9,11-12,16,23,29H,10,13-15,17-19H2,1H3. The van der Waals surface area contributed by atoms with E-state index in [4.69, 9.17) is 0 Å². The minimum atomic E-state index is 0.229. The normalized spacial score (nSPS) is 18.2. The average molecular weight is 391 g/mol. The van der Waals surface area contributed by atoms with Crippen LogP contribution in [0.5, 0.6) is 0 Å². The monoisotopic (exact) mass is 390 g/mol. The number of benzene rings is 2. The van der Waals surface area contributed by atoms with E-state index in [-0.39, 0.29) is 6.61 Å². The van der Waals surface area contributed by atoms with E-state index in [2.05, 4.69) is 70.4 Å². The number of nitrogens with zero attached hydrogens (tertiary/aromatic N) is 4. The molecule has 5 nitrogen and oxygen atoms in total. The third-order valence-corrected chi connectivity index (χ3v) is 5.76. The zero-order chi connectivity index (χ0) is 20.1. The van der Waals surface area contributed by atoms with Crippen molar-refractivity contribution < 1.29 is 5.11 Å². The first-order valence-electron chi connectivity index (χ1n) is 10.4. The van der Waals surface area contributed by atoms with Gasteiger partial charge in [-0.15, -0.1) is 0 Å². The van der Waals surface area contributed by atoms with Gasteiger partial charge in [0.05, 0.1) is 5.69 Å². The Morgan fingerprint density at radius 3 is 2.66 bits per heavy atom. The average Bonchev–Trinajstić information content (AvgIpc) is 3.26. The van der Waals surface area contributed by atoms with Gasteiger partial charge in [-0.25, -0.2) is 4.68 Å². The van der Waals surface area contributed by atoms with Gasteiger partial charge < -0.3 is 5.11 Å². The van der Waals surface area contributed by atoms with Crippen molar-refractivity contribution >= 4 is 0 Å². The second-order valence-electron chi connectivity index (χ2n) is 7.94. The number of aromatic nitrogens is 2. The SMILES string of the molecule is Cc1ccc(-n2cccn2)c(CN2CCN(Cc3ccccc3)C(CCO)C2)c1. The topological polar surface area (TPSA) is 44.5 Å². The molecule has 0 amide bonds. The fourth-order valence-corrected chi connectivity index (χ4v) is 4.27. The first-order chi connectivity index (χ1) is 14.2. The van der Waals surface area contributed by atoms with Crippen LogP contribution in [0.4, 0.5) is 0 Å². The van der Waals surface area contributed by atoms with E-state index in [0.717, 1.165) is 44.8 Å². The van der Waals surface area contributed by atoms with Gasteiger partial charge in [-0.3, -0.25) is 9.80 Å². The van der Waals surface area contributed by atoms with Crippen molar-refractivity contribution in [2.45, 2.75) is 32.5 Å². The van der Waals surface area contributed by atoms with Crippen molar-refractivity contribution in [1.29, 1.82) is 0 Å². The number of aliphatic hydroxyl groups excluding tert-OH is 1. The van der Waals surface area contributed by atoms with Crippen molar-refractivity contribution in [2.75, 3.05) is 26.2 Å². The summed E-state index contributed by atoms with van der Waals surface area (Å²) >= 11 is 0. The predicted octanol–water partition coefficient (Wildman–Crippen LogP) is 3.25. The van der Waals surface area contributed by atoms with Crippen LogP contribution in [0, 0.1) is 6.92 Å². The molecule has 0 saturated carbocycles. The Hall–Kier alpha value is -2.47. The van der Waals surface area contributed by atoms with Crippen molar-refractivity contribution in [3.63, 3.8) is 0 Å². The summed E-state index contributed by atoms with van der Waals surface area (Å²) in [4.78, 5) is 5.04. The lowest BCUT2D eigenvalue weighted by atomic mass is 10.0. The van der Waals surface area contributed by atoms with Gasteiger partial charge >= 0.3 is 0 Å². The maximum absolute atomic E-state index is 9.63. The maximum Gasteiger partial charge on any atom is 0.0690 e. The fraction of sp³-hybridized carbons (Fsp3) is 0.375. The van der Waals surface area contributed by atoms with Crippen LogP contribution in [-0.4, -0.2) is 57.0 Å². The molecule has 0 spiro atoms. The van der Waals surface area contributed by atoms with Crippen LogP contribution in [0.25, 0.3) is 5.69 Å². The third-order valence-electron chi connectivity index (χ3n) is 5.76. The molecule has 1 N–H and O–H groups in total. The van der Waals surface area contributed by atoms with Gasteiger partial charge in [0.25, 0.3) is 0 Å². The van der Waals surface area contributed by atoms with Gasteiger partial charge in [0.2, 0.25) is 0 Å². The van der Waals surface area contributed by atoms with Gasteiger partial charge in [0.15, 0.2) is 0 Å². The quantitative estimate of drug-likeness (QED) is 0.673. The second kappa shape index (κ2) is 9.35. The Bertz CT molecular complexity index is 895. The van der Waals surface area contributed by atoms with E-state index >= 15 is 0 Å². The largest absolute Gasteiger partial charge is 0.396 e. The van der Waals surface area contributed by atoms with Crippen LogP contribution in [0.3, 0.4) is 0 Å². The molecule has 29 heavy (non-hydrogen) atoms. The molecular formula is C24H30N4O. The van der Waals surface area contributed by atoms with Crippen molar-refractivity contribution in [1.82, 2.24) is 19.6 Å². The van der Waals surface area contributed by atoms with Crippen molar-refractivity contribution in [3.05, 3.63) is 83.7 Å². The summed E-state index contributed by atoms with van der Waals surface area (Å²) in [5, 5.41) is 14.1. The minimum absolute atomic E-state index is 0.229. The summed E-state index contributed by atoms with van der Waals surface area (Å²) in [5.41, 5.74) is 5.05. The lowest BCUT2D eigenvalue weighted by Gasteiger charge is -2.41. The molecule has 1 atom stereocenters. The molecule has 1 aromatic heterocycles. The number of aryl methyl sites for hydroxylation is 1. The number of hydrogen-bond donors (Lipinski definition) is 1. The zero-order valence-corrected chi connectivity index (χ0v) is 17.1. The molecular weight excluding hydrogens is 360 g/mol. The first kappa shape index (κ1) is 19.8. The molecule has 3 aromatic rings. The Morgan fingerprint density at radius 2 is 1.90 bits per heavy atom.